The Kier molecular flexibility index (Phi) is 7.78. The molecule has 2 unspecified atom stereocenters. The minimum atomic E-state index is -1.20. The lowest BCUT2D eigenvalue weighted by Crippen LogP contribution is -2.62. The molecule has 1 rings (SSSR count). The summed E-state index contributed by atoms with van der Waals surface area (Å²) in [5.41, 5.74) is 0. The summed E-state index contributed by atoms with van der Waals surface area (Å²) in [6.45, 7) is 4.37. The van der Waals surface area contributed by atoms with Crippen LogP contribution in [0.15, 0.2) is 0 Å². The van der Waals surface area contributed by atoms with E-state index < -0.39 is 54.6 Å². The lowest BCUT2D eigenvalue weighted by atomic mass is 9.98. The summed E-state index contributed by atoms with van der Waals surface area (Å²) in [4.78, 5) is 45.4. The lowest BCUT2D eigenvalue weighted by molar-refractivity contribution is -0.302. The van der Waals surface area contributed by atoms with Crippen LogP contribution in [0.4, 0.5) is 0 Å². The van der Waals surface area contributed by atoms with Gasteiger partial charge in [-0.3, -0.25) is 19.2 Å². The zero-order valence-electron chi connectivity index (χ0n) is 14.7. The van der Waals surface area contributed by atoms with Crippen molar-refractivity contribution in [2.45, 2.75) is 58.4 Å². The summed E-state index contributed by atoms with van der Waals surface area (Å²) in [5, 5.41) is 0. The van der Waals surface area contributed by atoms with Gasteiger partial charge in [0.1, 0.15) is 12.7 Å². The zero-order chi connectivity index (χ0) is 19.1. The van der Waals surface area contributed by atoms with Gasteiger partial charge in [0.05, 0.1) is 0 Å². The number of hydrogen-bond donors (Lipinski definition) is 0. The first-order valence-corrected chi connectivity index (χ1v) is 7.49. The molecule has 1 fully saturated rings. The molecule has 142 valence electrons. The van der Waals surface area contributed by atoms with Gasteiger partial charge in [0.25, 0.3) is 0 Å². The third-order valence-corrected chi connectivity index (χ3v) is 3.18. The van der Waals surface area contributed by atoms with Crippen molar-refractivity contribution in [1.29, 1.82) is 0 Å². The molecule has 0 aromatic carbocycles. The van der Waals surface area contributed by atoms with Crippen LogP contribution in [0.25, 0.3) is 0 Å². The summed E-state index contributed by atoms with van der Waals surface area (Å²) >= 11 is 0. The number of rotatable bonds is 6. The average molecular weight is 362 g/mol. The van der Waals surface area contributed by atoms with E-state index in [4.69, 9.17) is 28.4 Å². The third kappa shape index (κ3) is 6.31. The first-order valence-electron chi connectivity index (χ1n) is 7.49. The summed E-state index contributed by atoms with van der Waals surface area (Å²) < 4.78 is 31.1. The van der Waals surface area contributed by atoms with Crippen LogP contribution < -0.4 is 0 Å². The van der Waals surface area contributed by atoms with Gasteiger partial charge in [-0.25, -0.2) is 0 Å². The van der Waals surface area contributed by atoms with E-state index in [0.29, 0.717) is 0 Å². The number of ether oxygens (including phenoxy) is 6. The molecule has 10 heteroatoms. The maximum absolute atomic E-state index is 11.5. The molecular formula is C15H22O10. The van der Waals surface area contributed by atoms with Crippen molar-refractivity contribution in [2.75, 3.05) is 13.7 Å². The minimum Gasteiger partial charge on any atom is -0.463 e. The van der Waals surface area contributed by atoms with Crippen LogP contribution >= 0.6 is 0 Å². The number of esters is 4. The number of carbonyl (C=O) groups excluding carboxylic acids is 4. The van der Waals surface area contributed by atoms with E-state index in [1.54, 1.807) is 0 Å². The second-order valence-electron chi connectivity index (χ2n) is 5.30. The Labute approximate surface area is 144 Å². The fraction of sp³-hybridized carbons (Fsp3) is 0.733. The normalized spacial score (nSPS) is 28.6. The van der Waals surface area contributed by atoms with E-state index in [9.17, 15) is 19.2 Å². The van der Waals surface area contributed by atoms with Crippen molar-refractivity contribution in [2.24, 2.45) is 0 Å². The Morgan fingerprint density at radius 3 is 1.68 bits per heavy atom. The summed E-state index contributed by atoms with van der Waals surface area (Å²) in [6, 6.07) is 0. The highest BCUT2D eigenvalue weighted by atomic mass is 16.7. The van der Waals surface area contributed by atoms with Gasteiger partial charge in [0.2, 0.25) is 0 Å². The van der Waals surface area contributed by atoms with Crippen LogP contribution in [0.1, 0.15) is 27.7 Å². The summed E-state index contributed by atoms with van der Waals surface area (Å²) in [5.74, 6) is -2.63. The lowest BCUT2D eigenvalue weighted by Gasteiger charge is -2.43. The highest BCUT2D eigenvalue weighted by Crippen LogP contribution is 2.29. The average Bonchev–Trinajstić information content (AvgIpc) is 2.48. The van der Waals surface area contributed by atoms with Crippen molar-refractivity contribution in [3.63, 3.8) is 0 Å². The van der Waals surface area contributed by atoms with Crippen LogP contribution in [0.2, 0.25) is 0 Å². The van der Waals surface area contributed by atoms with E-state index in [2.05, 4.69) is 0 Å². The maximum Gasteiger partial charge on any atom is 0.303 e. The zero-order valence-corrected chi connectivity index (χ0v) is 14.7. The number of carbonyl (C=O) groups is 4. The summed E-state index contributed by atoms with van der Waals surface area (Å²) in [6.07, 6.45) is -5.67. The van der Waals surface area contributed by atoms with E-state index >= 15 is 0 Å². The minimum absolute atomic E-state index is 0.280. The van der Waals surface area contributed by atoms with Gasteiger partial charge in [-0.2, -0.15) is 0 Å². The molecule has 0 bridgehead atoms. The molecule has 1 saturated heterocycles. The van der Waals surface area contributed by atoms with E-state index in [1.807, 2.05) is 0 Å². The summed E-state index contributed by atoms with van der Waals surface area (Å²) in [7, 11) is 1.29. The van der Waals surface area contributed by atoms with Crippen LogP contribution in [0.5, 0.6) is 0 Å². The topological polar surface area (TPSA) is 124 Å². The molecule has 1 heterocycles. The molecule has 0 aliphatic carbocycles. The van der Waals surface area contributed by atoms with Crippen molar-refractivity contribution in [3.05, 3.63) is 0 Å². The largest absolute Gasteiger partial charge is 0.463 e. The number of hydrogen-bond acceptors (Lipinski definition) is 10. The fourth-order valence-electron chi connectivity index (χ4n) is 2.38. The van der Waals surface area contributed by atoms with Gasteiger partial charge in [-0.05, 0) is 0 Å². The molecule has 0 N–H and O–H groups in total. The maximum atomic E-state index is 11.5. The molecule has 1 aliphatic heterocycles. The Morgan fingerprint density at radius 1 is 0.760 bits per heavy atom. The van der Waals surface area contributed by atoms with E-state index in [0.717, 1.165) is 20.8 Å². The Bertz CT molecular complexity index is 516. The molecule has 25 heavy (non-hydrogen) atoms. The first kappa shape index (κ1) is 20.8. The molecule has 10 nitrogen and oxygen atoms in total. The fourth-order valence-corrected chi connectivity index (χ4v) is 2.38. The van der Waals surface area contributed by atoms with Crippen molar-refractivity contribution in [3.8, 4) is 0 Å². The van der Waals surface area contributed by atoms with Gasteiger partial charge >= 0.3 is 23.9 Å². The predicted molar refractivity (Wildman–Crippen MR) is 79.0 cm³/mol. The Balaban J connectivity index is 3.18. The van der Waals surface area contributed by atoms with E-state index in [1.165, 1.54) is 14.0 Å². The first-order chi connectivity index (χ1) is 11.6. The van der Waals surface area contributed by atoms with Crippen molar-refractivity contribution < 1.29 is 47.6 Å². The van der Waals surface area contributed by atoms with Crippen molar-refractivity contribution >= 4 is 23.9 Å². The second kappa shape index (κ2) is 9.33. The highest BCUT2D eigenvalue weighted by molar-refractivity contribution is 5.68. The molecule has 0 saturated carbocycles. The monoisotopic (exact) mass is 362 g/mol. The van der Waals surface area contributed by atoms with Gasteiger partial charge in [0.15, 0.2) is 24.6 Å². The Hall–Kier alpha value is -2.20. The third-order valence-electron chi connectivity index (χ3n) is 3.18. The quantitative estimate of drug-likeness (QED) is 0.460. The van der Waals surface area contributed by atoms with Crippen molar-refractivity contribution in [1.82, 2.24) is 0 Å². The van der Waals surface area contributed by atoms with Crippen LogP contribution in [-0.4, -0.2) is 68.3 Å². The predicted octanol–water partition coefficient (Wildman–Crippen LogP) is -0.284. The van der Waals surface area contributed by atoms with Gasteiger partial charge in [-0.15, -0.1) is 0 Å². The van der Waals surface area contributed by atoms with Gasteiger partial charge < -0.3 is 28.4 Å². The number of methoxy groups -OCH3 is 1. The molecule has 0 amide bonds. The van der Waals surface area contributed by atoms with Gasteiger partial charge in [-0.1, -0.05) is 0 Å². The molecular weight excluding hydrogens is 340 g/mol. The molecule has 5 atom stereocenters. The molecule has 1 aliphatic rings. The Morgan fingerprint density at radius 2 is 1.24 bits per heavy atom. The van der Waals surface area contributed by atoms with E-state index in [-0.39, 0.29) is 6.61 Å². The molecule has 0 aromatic heterocycles. The van der Waals surface area contributed by atoms with Crippen LogP contribution in [0.3, 0.4) is 0 Å². The standard InChI is InChI=1S/C15H22O10/c1-7(16)21-6-11-12(22-8(2)17)13(23-9(3)18)14(24-10(4)19)15(20-5)25-11/h11-15H,6H2,1-5H3/t11?,12-,13+,14?,15+/m0/s1. The second-order valence-corrected chi connectivity index (χ2v) is 5.30. The molecule has 0 aromatic rings. The smallest absolute Gasteiger partial charge is 0.303 e. The van der Waals surface area contributed by atoms with Crippen LogP contribution in [0, 0.1) is 0 Å². The molecule has 0 radical (unpaired) electrons. The molecule has 0 spiro atoms. The van der Waals surface area contributed by atoms with Gasteiger partial charge in [0, 0.05) is 34.8 Å². The highest BCUT2D eigenvalue weighted by Gasteiger charge is 2.52. The SMILES string of the molecule is CO[C@@H]1OC(COC(C)=O)[C@H](OC(C)=O)[C@@H](OC(C)=O)C1OC(C)=O. The van der Waals surface area contributed by atoms with Crippen LogP contribution in [-0.2, 0) is 47.6 Å².